The van der Waals surface area contributed by atoms with Gasteiger partial charge in [0.2, 0.25) is 0 Å². The molecule has 0 unspecified atom stereocenters. The molecule has 60 valence electrons. The Hall–Kier alpha value is 0.450. The SMILES string of the molecule is C=COCCCS(=O)(=O)[O-].[Na+]. The average Bonchev–Trinajstić information content (AvgIpc) is 1.78. The molecule has 0 aliphatic rings. The maximum absolute atomic E-state index is 9.96. The van der Waals surface area contributed by atoms with Crippen LogP contribution in [0.25, 0.3) is 0 Å². The predicted octanol–water partition coefficient (Wildman–Crippen LogP) is -2.91. The van der Waals surface area contributed by atoms with E-state index in [4.69, 9.17) is 0 Å². The summed E-state index contributed by atoms with van der Waals surface area (Å²) in [5, 5.41) is 0. The van der Waals surface area contributed by atoms with E-state index in [9.17, 15) is 13.0 Å². The van der Waals surface area contributed by atoms with E-state index in [1.54, 1.807) is 0 Å². The van der Waals surface area contributed by atoms with Gasteiger partial charge in [0.25, 0.3) is 0 Å². The third-order valence-corrected chi connectivity index (χ3v) is 1.56. The van der Waals surface area contributed by atoms with Gasteiger partial charge < -0.3 is 9.29 Å². The van der Waals surface area contributed by atoms with Crippen LogP contribution in [0.1, 0.15) is 6.42 Å². The molecule has 11 heavy (non-hydrogen) atoms. The Labute approximate surface area is 88.7 Å². The van der Waals surface area contributed by atoms with E-state index in [0.29, 0.717) is 0 Å². The van der Waals surface area contributed by atoms with Crippen molar-refractivity contribution < 1.29 is 47.3 Å². The molecule has 0 aliphatic carbocycles. The average molecular weight is 188 g/mol. The zero-order valence-electron chi connectivity index (χ0n) is 6.45. The molecule has 0 spiro atoms. The summed E-state index contributed by atoms with van der Waals surface area (Å²) in [5.41, 5.74) is 0. The van der Waals surface area contributed by atoms with E-state index in [1.165, 1.54) is 6.26 Å². The summed E-state index contributed by atoms with van der Waals surface area (Å²) in [7, 11) is -4.07. The summed E-state index contributed by atoms with van der Waals surface area (Å²) >= 11 is 0. The van der Waals surface area contributed by atoms with Crippen LogP contribution in [0.3, 0.4) is 0 Å². The Morgan fingerprint density at radius 2 is 2.09 bits per heavy atom. The Morgan fingerprint density at radius 3 is 2.45 bits per heavy atom. The van der Waals surface area contributed by atoms with Gasteiger partial charge in [0.1, 0.15) is 0 Å². The molecule has 0 fully saturated rings. The van der Waals surface area contributed by atoms with E-state index in [-0.39, 0.29) is 48.3 Å². The Kier molecular flexibility index (Phi) is 9.06. The van der Waals surface area contributed by atoms with Gasteiger partial charge in [-0.15, -0.1) is 0 Å². The van der Waals surface area contributed by atoms with Crippen molar-refractivity contribution >= 4 is 10.1 Å². The van der Waals surface area contributed by atoms with Crippen LogP contribution in [0.4, 0.5) is 0 Å². The predicted molar refractivity (Wildman–Crippen MR) is 35.3 cm³/mol. The molecule has 0 saturated heterocycles. The van der Waals surface area contributed by atoms with Crippen LogP contribution < -0.4 is 29.6 Å². The van der Waals surface area contributed by atoms with Crippen LogP contribution in [0.2, 0.25) is 0 Å². The fourth-order valence-electron chi connectivity index (χ4n) is 0.402. The molecule has 0 N–H and O–H groups in total. The van der Waals surface area contributed by atoms with Gasteiger partial charge in [0, 0.05) is 5.75 Å². The quantitative estimate of drug-likeness (QED) is 0.201. The molecule has 0 atom stereocenters. The van der Waals surface area contributed by atoms with Gasteiger partial charge in [0.15, 0.2) is 0 Å². The van der Waals surface area contributed by atoms with Gasteiger partial charge in [-0.2, -0.15) is 0 Å². The number of hydrogen-bond donors (Lipinski definition) is 0. The number of hydrogen-bond acceptors (Lipinski definition) is 4. The zero-order valence-corrected chi connectivity index (χ0v) is 9.26. The van der Waals surface area contributed by atoms with E-state index >= 15 is 0 Å². The first-order valence-electron chi connectivity index (χ1n) is 2.72. The summed E-state index contributed by atoms with van der Waals surface area (Å²) in [5.74, 6) is -0.374. The largest absolute Gasteiger partial charge is 1.00 e. The minimum atomic E-state index is -4.07. The van der Waals surface area contributed by atoms with Gasteiger partial charge in [-0.1, -0.05) is 6.58 Å². The first kappa shape index (κ1) is 14.0. The van der Waals surface area contributed by atoms with Crippen molar-refractivity contribution in [3.8, 4) is 0 Å². The molecular weight excluding hydrogens is 179 g/mol. The fraction of sp³-hybridized carbons (Fsp3) is 0.600. The standard InChI is InChI=1S/C5H10O4S.Na/c1-2-9-4-3-5-10(6,7)8;/h2H,1,3-5H2,(H,6,7,8);/q;+1/p-1. The number of rotatable bonds is 5. The second-order valence-electron chi connectivity index (χ2n) is 1.65. The van der Waals surface area contributed by atoms with E-state index in [0.717, 1.165) is 0 Å². The summed E-state index contributed by atoms with van der Waals surface area (Å²) in [6, 6.07) is 0. The van der Waals surface area contributed by atoms with Crippen LogP contribution in [0.15, 0.2) is 12.8 Å². The van der Waals surface area contributed by atoms with Crippen LogP contribution >= 0.6 is 0 Å². The molecule has 0 radical (unpaired) electrons. The zero-order chi connectivity index (χ0) is 8.04. The Bertz CT molecular complexity index is 187. The smallest absolute Gasteiger partial charge is 0.748 e. The van der Waals surface area contributed by atoms with Crippen molar-refractivity contribution in [2.24, 2.45) is 0 Å². The van der Waals surface area contributed by atoms with Gasteiger partial charge in [-0.3, -0.25) is 0 Å². The molecule has 4 nitrogen and oxygen atoms in total. The van der Waals surface area contributed by atoms with Crippen molar-refractivity contribution in [1.29, 1.82) is 0 Å². The van der Waals surface area contributed by atoms with Crippen molar-refractivity contribution in [2.75, 3.05) is 12.4 Å². The van der Waals surface area contributed by atoms with Crippen molar-refractivity contribution in [1.82, 2.24) is 0 Å². The monoisotopic (exact) mass is 188 g/mol. The van der Waals surface area contributed by atoms with Crippen molar-refractivity contribution in [2.45, 2.75) is 6.42 Å². The molecule has 0 heterocycles. The molecule has 0 aromatic heterocycles. The second kappa shape index (κ2) is 7.12. The first-order valence-corrected chi connectivity index (χ1v) is 4.30. The molecule has 0 aromatic carbocycles. The van der Waals surface area contributed by atoms with Crippen LogP contribution in [0.5, 0.6) is 0 Å². The molecule has 0 amide bonds. The summed E-state index contributed by atoms with van der Waals surface area (Å²) in [6.07, 6.45) is 1.43. The third-order valence-electron chi connectivity index (χ3n) is 0.774. The maximum atomic E-state index is 9.96. The summed E-state index contributed by atoms with van der Waals surface area (Å²) in [4.78, 5) is 0. The van der Waals surface area contributed by atoms with Crippen molar-refractivity contribution in [3.63, 3.8) is 0 Å². The molecule has 0 aliphatic heterocycles. The molecule has 0 saturated carbocycles. The van der Waals surface area contributed by atoms with Crippen molar-refractivity contribution in [3.05, 3.63) is 12.8 Å². The second-order valence-corrected chi connectivity index (χ2v) is 3.18. The van der Waals surface area contributed by atoms with E-state index in [1.807, 2.05) is 0 Å². The topological polar surface area (TPSA) is 66.4 Å². The normalized spacial score (nSPS) is 9.91. The third kappa shape index (κ3) is 13.4. The molecule has 6 heteroatoms. The number of ether oxygens (including phenoxy) is 1. The van der Waals surface area contributed by atoms with Gasteiger partial charge >= 0.3 is 29.6 Å². The first-order chi connectivity index (χ1) is 4.56. The fourth-order valence-corrected chi connectivity index (χ4v) is 0.874. The van der Waals surface area contributed by atoms with Crippen LogP contribution in [-0.2, 0) is 14.9 Å². The minimum absolute atomic E-state index is 0. The van der Waals surface area contributed by atoms with E-state index < -0.39 is 10.1 Å². The maximum Gasteiger partial charge on any atom is 1.00 e. The van der Waals surface area contributed by atoms with Gasteiger partial charge in [-0.25, -0.2) is 8.42 Å². The summed E-state index contributed by atoms with van der Waals surface area (Å²) < 4.78 is 34.5. The molecule has 0 aromatic rings. The van der Waals surface area contributed by atoms with Gasteiger partial charge in [0.05, 0.1) is 23.0 Å². The molecule has 0 rings (SSSR count). The Balaban J connectivity index is 0. The molecule has 0 bridgehead atoms. The van der Waals surface area contributed by atoms with Crippen LogP contribution in [-0.4, -0.2) is 25.3 Å². The minimum Gasteiger partial charge on any atom is -0.748 e. The van der Waals surface area contributed by atoms with E-state index in [2.05, 4.69) is 11.3 Å². The van der Waals surface area contributed by atoms with Crippen LogP contribution in [0, 0.1) is 0 Å². The Morgan fingerprint density at radius 1 is 1.55 bits per heavy atom. The molecular formula is C5H9NaO4S. The van der Waals surface area contributed by atoms with Gasteiger partial charge in [-0.05, 0) is 6.42 Å². The summed E-state index contributed by atoms with van der Waals surface area (Å²) in [6.45, 7) is 3.47.